The van der Waals surface area contributed by atoms with E-state index in [0.717, 1.165) is 22.6 Å². The molecule has 2 aromatic carbocycles. The van der Waals surface area contributed by atoms with Crippen molar-refractivity contribution in [3.05, 3.63) is 59.7 Å². The van der Waals surface area contributed by atoms with E-state index in [4.69, 9.17) is 14.2 Å². The van der Waals surface area contributed by atoms with Crippen LogP contribution >= 0.6 is 0 Å². The van der Waals surface area contributed by atoms with Gasteiger partial charge in [-0.25, -0.2) is 9.79 Å². The van der Waals surface area contributed by atoms with Gasteiger partial charge in [0.1, 0.15) is 23.5 Å². The summed E-state index contributed by atoms with van der Waals surface area (Å²) in [4.78, 5) is 19.2. The van der Waals surface area contributed by atoms with Gasteiger partial charge in [-0.2, -0.15) is 0 Å². The summed E-state index contributed by atoms with van der Waals surface area (Å²) in [6.07, 6.45) is -0.713. The van der Waals surface area contributed by atoms with Crippen molar-refractivity contribution in [1.29, 1.82) is 0 Å². The van der Waals surface area contributed by atoms with E-state index in [1.807, 2.05) is 48.5 Å². The van der Waals surface area contributed by atoms with E-state index in [9.17, 15) is 4.79 Å². The van der Waals surface area contributed by atoms with E-state index in [1.165, 1.54) is 0 Å². The van der Waals surface area contributed by atoms with Crippen molar-refractivity contribution in [2.45, 2.75) is 13.0 Å². The van der Waals surface area contributed by atoms with Gasteiger partial charge in [0, 0.05) is 0 Å². The average Bonchev–Trinajstić information content (AvgIpc) is 2.66. The Balaban J connectivity index is 2.35. The maximum Gasteiger partial charge on any atom is 0.443 e. The summed E-state index contributed by atoms with van der Waals surface area (Å²) in [6, 6.07) is 17.1. The van der Waals surface area contributed by atoms with Crippen molar-refractivity contribution >= 4 is 12.1 Å². The maximum absolute atomic E-state index is 11.3. The molecule has 0 spiro atoms. The zero-order valence-electron chi connectivity index (χ0n) is 14.4. The van der Waals surface area contributed by atoms with Crippen molar-refractivity contribution in [3.63, 3.8) is 0 Å². The Morgan fingerprint density at radius 3 is 1.84 bits per heavy atom. The predicted octanol–water partition coefficient (Wildman–Crippen LogP) is 4.12. The van der Waals surface area contributed by atoms with Gasteiger partial charge in [0.2, 0.25) is 0 Å². The highest BCUT2D eigenvalue weighted by molar-refractivity contribution is 5.75. The Labute approximate surface area is 146 Å². The number of benzene rings is 2. The second kappa shape index (κ2) is 9.25. The third-order valence-electron chi connectivity index (χ3n) is 3.46. The van der Waals surface area contributed by atoms with Crippen LogP contribution in [0.3, 0.4) is 0 Å². The maximum atomic E-state index is 11.3. The molecule has 6 heteroatoms. The van der Waals surface area contributed by atoms with Crippen LogP contribution in [0.2, 0.25) is 0 Å². The van der Waals surface area contributed by atoms with Gasteiger partial charge >= 0.3 is 6.09 Å². The highest BCUT2D eigenvalue weighted by Crippen LogP contribution is 2.28. The van der Waals surface area contributed by atoms with Gasteiger partial charge in [-0.05, 0) is 42.3 Å². The number of hydrogen-bond donors (Lipinski definition) is 0. The van der Waals surface area contributed by atoms with E-state index in [1.54, 1.807) is 21.1 Å². The van der Waals surface area contributed by atoms with Crippen LogP contribution in [0.1, 0.15) is 24.1 Å². The summed E-state index contributed by atoms with van der Waals surface area (Å²) in [5, 5.41) is 0. The lowest BCUT2D eigenvalue weighted by Crippen LogP contribution is -1.99. The average molecular weight is 340 g/mol. The molecule has 6 nitrogen and oxygen atoms in total. The van der Waals surface area contributed by atoms with E-state index in [2.05, 4.69) is 16.0 Å². The molecule has 0 atom stereocenters. The molecular weight excluding hydrogens is 320 g/mol. The molecule has 1 amide bonds. The highest BCUT2D eigenvalue weighted by atomic mass is 16.5. The van der Waals surface area contributed by atoms with Gasteiger partial charge in [0.15, 0.2) is 0 Å². The molecule has 2 rings (SSSR count). The van der Waals surface area contributed by atoms with Gasteiger partial charge in [-0.15, -0.1) is 4.99 Å². The van der Waals surface area contributed by atoms with Gasteiger partial charge in [-0.1, -0.05) is 24.3 Å². The summed E-state index contributed by atoms with van der Waals surface area (Å²) in [5.41, 5.74) is 1.83. The molecule has 0 saturated heterocycles. The second-order valence-corrected chi connectivity index (χ2v) is 4.99. The number of nitrogens with zero attached hydrogens (tertiary/aromatic N) is 2. The minimum Gasteiger partial charge on any atom is -0.497 e. The van der Waals surface area contributed by atoms with Gasteiger partial charge in [0.05, 0.1) is 20.8 Å². The smallest absolute Gasteiger partial charge is 0.443 e. The third-order valence-corrected chi connectivity index (χ3v) is 3.46. The topological polar surface area (TPSA) is 69.5 Å². The third kappa shape index (κ3) is 5.19. The van der Waals surface area contributed by atoms with E-state index in [0.29, 0.717) is 0 Å². The zero-order valence-corrected chi connectivity index (χ0v) is 14.4. The van der Waals surface area contributed by atoms with Crippen molar-refractivity contribution in [2.24, 2.45) is 9.98 Å². The zero-order chi connectivity index (χ0) is 18.1. The molecule has 2 aromatic rings. The van der Waals surface area contributed by atoms with Crippen LogP contribution in [-0.2, 0) is 4.74 Å². The molecule has 0 N–H and O–H groups in total. The predicted molar refractivity (Wildman–Crippen MR) is 94.7 cm³/mol. The summed E-state index contributed by atoms with van der Waals surface area (Å²) >= 11 is 0. The molecule has 0 aliphatic carbocycles. The molecule has 0 heterocycles. The molecule has 0 fully saturated rings. The van der Waals surface area contributed by atoms with Crippen LogP contribution in [0, 0.1) is 0 Å². The van der Waals surface area contributed by atoms with Gasteiger partial charge < -0.3 is 14.2 Å². The molecule has 0 unspecified atom stereocenters. The number of hydrogen-bond acceptors (Lipinski definition) is 5. The van der Waals surface area contributed by atoms with Crippen LogP contribution in [0.25, 0.3) is 0 Å². The number of carbonyl (C=O) groups excluding carboxylic acids is 1. The highest BCUT2D eigenvalue weighted by Gasteiger charge is 2.13. The van der Waals surface area contributed by atoms with Crippen molar-refractivity contribution in [1.82, 2.24) is 0 Å². The lowest BCUT2D eigenvalue weighted by molar-refractivity contribution is 0.164. The first-order valence-corrected chi connectivity index (χ1v) is 7.78. The van der Waals surface area contributed by atoms with Crippen LogP contribution < -0.4 is 9.47 Å². The molecule has 130 valence electrons. The van der Waals surface area contributed by atoms with Gasteiger partial charge in [0.25, 0.3) is 0 Å². The molecule has 0 aliphatic rings. The molecular formula is C19H20N2O4. The molecule has 0 aromatic heterocycles. The monoisotopic (exact) mass is 340 g/mol. The first kappa shape index (κ1) is 18.2. The Hall–Kier alpha value is -3.11. The molecule has 0 radical (unpaired) electrons. The first-order chi connectivity index (χ1) is 12.2. The van der Waals surface area contributed by atoms with E-state index < -0.39 is 6.09 Å². The van der Waals surface area contributed by atoms with Crippen LogP contribution in [0.15, 0.2) is 58.5 Å². The Bertz CT molecular complexity index is 700. The summed E-state index contributed by atoms with van der Waals surface area (Å²) in [5.74, 6) is 1.50. The molecule has 0 bridgehead atoms. The van der Waals surface area contributed by atoms with E-state index >= 15 is 0 Å². The molecule has 25 heavy (non-hydrogen) atoms. The summed E-state index contributed by atoms with van der Waals surface area (Å²) < 4.78 is 15.1. The van der Waals surface area contributed by atoms with Crippen LogP contribution in [0.5, 0.6) is 11.5 Å². The number of aliphatic imine (C=N–C) groups is 2. The van der Waals surface area contributed by atoms with Crippen molar-refractivity contribution in [2.75, 3.05) is 20.8 Å². The summed E-state index contributed by atoms with van der Waals surface area (Å²) in [6.45, 7) is 1.96. The van der Waals surface area contributed by atoms with Crippen LogP contribution in [-0.4, -0.2) is 32.9 Å². The lowest BCUT2D eigenvalue weighted by atomic mass is 9.99. The normalized spacial score (nSPS) is 9.92. The van der Waals surface area contributed by atoms with Crippen LogP contribution in [0.4, 0.5) is 4.79 Å². The minimum absolute atomic E-state index is 0.254. The Kier molecular flexibility index (Phi) is 6.75. The largest absolute Gasteiger partial charge is 0.497 e. The van der Waals surface area contributed by atoms with Crippen molar-refractivity contribution in [3.8, 4) is 11.5 Å². The number of amides is 1. The fourth-order valence-corrected chi connectivity index (χ4v) is 2.20. The fraction of sp³-hybridized carbons (Fsp3) is 0.263. The number of carbonyl (C=O) groups is 1. The fourth-order valence-electron chi connectivity index (χ4n) is 2.20. The van der Waals surface area contributed by atoms with E-state index in [-0.39, 0.29) is 12.6 Å². The first-order valence-electron chi connectivity index (χ1n) is 7.78. The SMILES string of the molecule is CCOC(=O)N=C=NC(c1ccc(OC)cc1)c1ccc(OC)cc1. The molecule has 0 aliphatic heterocycles. The van der Waals surface area contributed by atoms with Gasteiger partial charge in [-0.3, -0.25) is 0 Å². The number of rotatable bonds is 6. The standard InChI is InChI=1S/C19H20N2O4/c1-4-25-19(22)21-13-20-18(14-5-9-16(23-2)10-6-14)15-7-11-17(24-3)12-8-15/h5-12,18H,4H2,1-3H3. The summed E-state index contributed by atoms with van der Waals surface area (Å²) in [7, 11) is 3.22. The second-order valence-electron chi connectivity index (χ2n) is 4.99. The Morgan fingerprint density at radius 2 is 1.44 bits per heavy atom. The Morgan fingerprint density at radius 1 is 0.960 bits per heavy atom. The van der Waals surface area contributed by atoms with Crippen molar-refractivity contribution < 1.29 is 19.0 Å². The lowest BCUT2D eigenvalue weighted by Gasteiger charge is -2.13. The quantitative estimate of drug-likeness (QED) is 0.742. The number of ether oxygens (including phenoxy) is 3. The minimum atomic E-state index is -0.713. The molecule has 0 saturated carbocycles. The number of methoxy groups -OCH3 is 2.